The van der Waals surface area contributed by atoms with E-state index in [0.29, 0.717) is 23.1 Å². The molecule has 126 valence electrons. The lowest BCUT2D eigenvalue weighted by atomic mass is 10.1. The fourth-order valence-electron chi connectivity index (χ4n) is 2.68. The third-order valence-corrected chi connectivity index (χ3v) is 4.01. The van der Waals surface area contributed by atoms with Gasteiger partial charge in [-0.15, -0.1) is 0 Å². The van der Waals surface area contributed by atoms with Crippen LogP contribution in [0.3, 0.4) is 0 Å². The van der Waals surface area contributed by atoms with Gasteiger partial charge in [0.15, 0.2) is 5.96 Å². The summed E-state index contributed by atoms with van der Waals surface area (Å²) in [6, 6.07) is 12.1. The van der Waals surface area contributed by atoms with Crippen LogP contribution in [0.2, 0.25) is 0 Å². The van der Waals surface area contributed by atoms with Crippen molar-refractivity contribution in [1.82, 2.24) is 0 Å². The first kappa shape index (κ1) is 16.1. The molecule has 5 nitrogen and oxygen atoms in total. The van der Waals surface area contributed by atoms with Crippen LogP contribution in [0, 0.1) is 5.82 Å². The number of rotatable bonds is 5. The van der Waals surface area contributed by atoms with Crippen LogP contribution in [0.15, 0.2) is 47.5 Å². The highest BCUT2D eigenvalue weighted by Crippen LogP contribution is 2.43. The van der Waals surface area contributed by atoms with Crippen LogP contribution < -0.4 is 20.5 Å². The number of hydrogen-bond acceptors (Lipinski definition) is 3. The molecule has 2 atom stereocenters. The van der Waals surface area contributed by atoms with E-state index in [0.717, 1.165) is 12.0 Å². The van der Waals surface area contributed by atoms with Crippen LogP contribution in [0.4, 0.5) is 10.1 Å². The number of anilines is 1. The van der Waals surface area contributed by atoms with Gasteiger partial charge in [0.2, 0.25) is 0 Å². The van der Waals surface area contributed by atoms with E-state index in [1.165, 1.54) is 6.07 Å². The van der Waals surface area contributed by atoms with Gasteiger partial charge in [-0.3, -0.25) is 0 Å². The van der Waals surface area contributed by atoms with Gasteiger partial charge >= 0.3 is 0 Å². The predicted molar refractivity (Wildman–Crippen MR) is 92.3 cm³/mol. The SMILES string of the molecule is COc1ccc(OC)c(NC(N)=N[C@@H]2C[C@H]2c2cccc(F)c2)c1. The van der Waals surface area contributed by atoms with E-state index in [-0.39, 0.29) is 17.8 Å². The first-order valence-corrected chi connectivity index (χ1v) is 7.68. The normalized spacial score (nSPS) is 19.7. The van der Waals surface area contributed by atoms with Crippen LogP contribution in [-0.2, 0) is 0 Å². The Balaban J connectivity index is 1.70. The second kappa shape index (κ2) is 6.78. The first-order chi connectivity index (χ1) is 11.6. The number of nitrogens with zero attached hydrogens (tertiary/aromatic N) is 1. The molecule has 6 heteroatoms. The molecule has 0 saturated heterocycles. The van der Waals surface area contributed by atoms with Crippen molar-refractivity contribution >= 4 is 11.6 Å². The molecular weight excluding hydrogens is 309 g/mol. The number of methoxy groups -OCH3 is 2. The van der Waals surface area contributed by atoms with Gasteiger partial charge in [0.05, 0.1) is 25.9 Å². The maximum Gasteiger partial charge on any atom is 0.193 e. The van der Waals surface area contributed by atoms with E-state index in [1.54, 1.807) is 44.6 Å². The molecule has 1 saturated carbocycles. The van der Waals surface area contributed by atoms with Crippen molar-refractivity contribution in [3.05, 3.63) is 53.8 Å². The molecule has 0 aromatic heterocycles. The third-order valence-electron chi connectivity index (χ3n) is 4.01. The van der Waals surface area contributed by atoms with Crippen molar-refractivity contribution in [3.8, 4) is 11.5 Å². The van der Waals surface area contributed by atoms with E-state index >= 15 is 0 Å². The zero-order valence-corrected chi connectivity index (χ0v) is 13.6. The van der Waals surface area contributed by atoms with Gasteiger partial charge < -0.3 is 20.5 Å². The smallest absolute Gasteiger partial charge is 0.193 e. The molecule has 2 aromatic carbocycles. The summed E-state index contributed by atoms with van der Waals surface area (Å²) in [7, 11) is 3.18. The highest BCUT2D eigenvalue weighted by atomic mass is 19.1. The summed E-state index contributed by atoms with van der Waals surface area (Å²) in [6.07, 6.45) is 0.862. The Kier molecular flexibility index (Phi) is 4.55. The van der Waals surface area contributed by atoms with Crippen molar-refractivity contribution in [2.75, 3.05) is 19.5 Å². The summed E-state index contributed by atoms with van der Waals surface area (Å²) in [5.74, 6) is 1.62. The number of aliphatic imine (C=N–C) groups is 1. The van der Waals surface area contributed by atoms with Gasteiger partial charge in [0.1, 0.15) is 17.3 Å². The Bertz CT molecular complexity index is 764. The highest BCUT2D eigenvalue weighted by Gasteiger charge is 2.38. The molecule has 2 aromatic rings. The Morgan fingerprint density at radius 2 is 2.04 bits per heavy atom. The lowest BCUT2D eigenvalue weighted by Crippen LogP contribution is -2.23. The fourth-order valence-corrected chi connectivity index (χ4v) is 2.68. The molecule has 0 heterocycles. The summed E-state index contributed by atoms with van der Waals surface area (Å²) < 4.78 is 23.8. The van der Waals surface area contributed by atoms with Crippen molar-refractivity contribution in [2.24, 2.45) is 10.7 Å². The van der Waals surface area contributed by atoms with Crippen LogP contribution in [-0.4, -0.2) is 26.2 Å². The van der Waals surface area contributed by atoms with E-state index < -0.39 is 0 Å². The van der Waals surface area contributed by atoms with Crippen LogP contribution in [0.1, 0.15) is 17.9 Å². The molecule has 0 aliphatic heterocycles. The Morgan fingerprint density at radius 1 is 1.21 bits per heavy atom. The molecule has 24 heavy (non-hydrogen) atoms. The molecule has 0 bridgehead atoms. The van der Waals surface area contributed by atoms with Gasteiger partial charge in [-0.2, -0.15) is 0 Å². The summed E-state index contributed by atoms with van der Waals surface area (Å²) in [4.78, 5) is 4.47. The zero-order valence-electron chi connectivity index (χ0n) is 13.6. The summed E-state index contributed by atoms with van der Waals surface area (Å²) in [5, 5.41) is 3.04. The number of nitrogens with two attached hydrogens (primary N) is 1. The van der Waals surface area contributed by atoms with Gasteiger partial charge in [-0.1, -0.05) is 12.1 Å². The van der Waals surface area contributed by atoms with E-state index in [1.807, 2.05) is 6.07 Å². The van der Waals surface area contributed by atoms with Crippen molar-refractivity contribution < 1.29 is 13.9 Å². The first-order valence-electron chi connectivity index (χ1n) is 7.68. The summed E-state index contributed by atoms with van der Waals surface area (Å²) >= 11 is 0. The molecule has 3 rings (SSSR count). The lowest BCUT2D eigenvalue weighted by Gasteiger charge is -2.12. The molecule has 0 spiro atoms. The highest BCUT2D eigenvalue weighted by molar-refractivity contribution is 5.94. The fraction of sp³-hybridized carbons (Fsp3) is 0.278. The van der Waals surface area contributed by atoms with E-state index in [2.05, 4.69) is 10.3 Å². The Labute approximate surface area is 140 Å². The molecule has 0 unspecified atom stereocenters. The second-order valence-electron chi connectivity index (χ2n) is 5.67. The Hall–Kier alpha value is -2.76. The minimum absolute atomic E-state index is 0.0657. The second-order valence-corrected chi connectivity index (χ2v) is 5.67. The topological polar surface area (TPSA) is 68.9 Å². The average molecular weight is 329 g/mol. The molecule has 0 radical (unpaired) electrons. The van der Waals surface area contributed by atoms with Crippen LogP contribution >= 0.6 is 0 Å². The number of ether oxygens (including phenoxy) is 2. The van der Waals surface area contributed by atoms with Crippen molar-refractivity contribution in [3.63, 3.8) is 0 Å². The standard InChI is InChI=1S/C18H20FN3O2/c1-23-13-6-7-17(24-2)16(9-13)22-18(20)21-15-10-14(15)11-4-3-5-12(19)8-11/h3-9,14-15H,10H2,1-2H3,(H3,20,21,22)/t14-,15+/m0/s1. The van der Waals surface area contributed by atoms with Gasteiger partial charge in [0, 0.05) is 12.0 Å². The maximum absolute atomic E-state index is 13.3. The number of hydrogen-bond donors (Lipinski definition) is 2. The van der Waals surface area contributed by atoms with Crippen LogP contribution in [0.25, 0.3) is 0 Å². The minimum atomic E-state index is -0.227. The summed E-state index contributed by atoms with van der Waals surface area (Å²) in [5.41, 5.74) is 7.64. The monoisotopic (exact) mass is 329 g/mol. The molecule has 1 aliphatic carbocycles. The van der Waals surface area contributed by atoms with Gasteiger partial charge in [-0.25, -0.2) is 9.38 Å². The number of guanidine groups is 1. The molecule has 3 N–H and O–H groups in total. The summed E-state index contributed by atoms with van der Waals surface area (Å²) in [6.45, 7) is 0. The largest absolute Gasteiger partial charge is 0.497 e. The number of nitrogens with one attached hydrogen (secondary N) is 1. The lowest BCUT2D eigenvalue weighted by molar-refractivity contribution is 0.405. The van der Waals surface area contributed by atoms with Gasteiger partial charge in [-0.05, 0) is 36.2 Å². The van der Waals surface area contributed by atoms with Gasteiger partial charge in [0.25, 0.3) is 0 Å². The zero-order chi connectivity index (χ0) is 17.1. The number of benzene rings is 2. The molecule has 1 aliphatic rings. The quantitative estimate of drug-likeness (QED) is 0.653. The van der Waals surface area contributed by atoms with Crippen molar-refractivity contribution in [2.45, 2.75) is 18.4 Å². The molecule has 0 amide bonds. The number of halogens is 1. The predicted octanol–water partition coefficient (Wildman–Crippen LogP) is 3.13. The molecule has 1 fully saturated rings. The molecular formula is C18H20FN3O2. The Morgan fingerprint density at radius 3 is 2.75 bits per heavy atom. The van der Waals surface area contributed by atoms with Crippen LogP contribution in [0.5, 0.6) is 11.5 Å². The third kappa shape index (κ3) is 3.59. The van der Waals surface area contributed by atoms with E-state index in [4.69, 9.17) is 15.2 Å². The average Bonchev–Trinajstić information content (AvgIpc) is 3.33. The minimum Gasteiger partial charge on any atom is -0.497 e. The van der Waals surface area contributed by atoms with Crippen molar-refractivity contribution in [1.29, 1.82) is 0 Å². The van der Waals surface area contributed by atoms with E-state index in [9.17, 15) is 4.39 Å². The maximum atomic E-state index is 13.3.